The first-order chi connectivity index (χ1) is 11.7. The van der Waals surface area contributed by atoms with Crippen LogP contribution in [0.4, 0.5) is 5.82 Å². The first kappa shape index (κ1) is 19.1. The SMILES string of the molecule is CCCCSCCCCn1c(COCC)nc2c(N)ncc(C)c21. The van der Waals surface area contributed by atoms with Crippen LogP contribution < -0.4 is 5.73 Å². The smallest absolute Gasteiger partial charge is 0.151 e. The number of aromatic nitrogens is 3. The molecular weight excluding hydrogens is 320 g/mol. The fraction of sp³-hybridized carbons (Fsp3) is 0.667. The van der Waals surface area contributed by atoms with E-state index in [2.05, 4.69) is 35.2 Å². The van der Waals surface area contributed by atoms with Crippen LogP contribution in [0.1, 0.15) is 50.9 Å². The molecule has 2 heterocycles. The lowest BCUT2D eigenvalue weighted by molar-refractivity contribution is 0.126. The van der Waals surface area contributed by atoms with E-state index in [1.54, 1.807) is 0 Å². The minimum absolute atomic E-state index is 0.502. The molecule has 2 N–H and O–H groups in total. The number of hydrogen-bond acceptors (Lipinski definition) is 5. The van der Waals surface area contributed by atoms with Gasteiger partial charge in [-0.1, -0.05) is 13.3 Å². The van der Waals surface area contributed by atoms with E-state index >= 15 is 0 Å². The van der Waals surface area contributed by atoms with E-state index in [1.807, 2.05) is 13.1 Å². The average molecular weight is 351 g/mol. The number of nitrogen functional groups attached to an aromatic ring is 1. The molecule has 0 atom stereocenters. The summed E-state index contributed by atoms with van der Waals surface area (Å²) in [7, 11) is 0. The number of anilines is 1. The van der Waals surface area contributed by atoms with Gasteiger partial charge in [0.25, 0.3) is 0 Å². The van der Waals surface area contributed by atoms with E-state index in [1.165, 1.54) is 30.8 Å². The summed E-state index contributed by atoms with van der Waals surface area (Å²) in [4.78, 5) is 8.93. The highest BCUT2D eigenvalue weighted by Gasteiger charge is 2.15. The molecule has 6 heteroatoms. The molecule has 0 fully saturated rings. The fourth-order valence-corrected chi connectivity index (χ4v) is 3.84. The Morgan fingerprint density at radius 3 is 2.75 bits per heavy atom. The van der Waals surface area contributed by atoms with Gasteiger partial charge in [0.15, 0.2) is 5.82 Å². The van der Waals surface area contributed by atoms with Gasteiger partial charge in [-0.05, 0) is 50.2 Å². The predicted molar refractivity (Wildman–Crippen MR) is 103 cm³/mol. The summed E-state index contributed by atoms with van der Waals surface area (Å²) in [6.45, 7) is 8.48. The lowest BCUT2D eigenvalue weighted by Crippen LogP contribution is -2.07. The number of nitrogens with two attached hydrogens (primary N) is 1. The molecule has 2 rings (SSSR count). The summed E-state index contributed by atoms with van der Waals surface area (Å²) >= 11 is 2.06. The quantitative estimate of drug-likeness (QED) is 0.616. The van der Waals surface area contributed by atoms with Crippen molar-refractivity contribution in [2.45, 2.75) is 59.6 Å². The second-order valence-corrected chi connectivity index (χ2v) is 7.24. The molecule has 0 amide bonds. The maximum atomic E-state index is 6.03. The number of thioether (sulfide) groups is 1. The normalized spacial score (nSPS) is 11.5. The van der Waals surface area contributed by atoms with E-state index in [-0.39, 0.29) is 0 Å². The Morgan fingerprint density at radius 1 is 1.21 bits per heavy atom. The molecule has 0 spiro atoms. The number of rotatable bonds is 11. The van der Waals surface area contributed by atoms with Crippen LogP contribution in [0.25, 0.3) is 11.0 Å². The first-order valence-electron chi connectivity index (χ1n) is 8.94. The molecule has 134 valence electrons. The number of nitrogens with zero attached hydrogens (tertiary/aromatic N) is 3. The predicted octanol–water partition coefficient (Wildman–Crippen LogP) is 4.17. The molecule has 0 saturated carbocycles. The zero-order valence-electron chi connectivity index (χ0n) is 15.2. The Labute approximate surface area is 149 Å². The molecule has 0 unspecified atom stereocenters. The van der Waals surface area contributed by atoms with Crippen LogP contribution in [-0.4, -0.2) is 32.6 Å². The zero-order chi connectivity index (χ0) is 17.4. The lowest BCUT2D eigenvalue weighted by Gasteiger charge is -2.10. The largest absolute Gasteiger partial charge is 0.382 e. The van der Waals surface area contributed by atoms with Gasteiger partial charge < -0.3 is 15.0 Å². The van der Waals surface area contributed by atoms with Crippen LogP contribution in [0.15, 0.2) is 6.20 Å². The van der Waals surface area contributed by atoms with Gasteiger partial charge in [0.05, 0.1) is 5.52 Å². The van der Waals surface area contributed by atoms with Gasteiger partial charge in [0, 0.05) is 19.3 Å². The maximum absolute atomic E-state index is 6.03. The van der Waals surface area contributed by atoms with Crippen LogP contribution in [0.5, 0.6) is 0 Å². The van der Waals surface area contributed by atoms with E-state index in [4.69, 9.17) is 15.5 Å². The maximum Gasteiger partial charge on any atom is 0.151 e. The Kier molecular flexibility index (Phi) is 7.85. The molecule has 0 aliphatic carbocycles. The summed E-state index contributed by atoms with van der Waals surface area (Å²) in [5.74, 6) is 3.97. The highest BCUT2D eigenvalue weighted by molar-refractivity contribution is 7.99. The van der Waals surface area contributed by atoms with E-state index in [9.17, 15) is 0 Å². The summed E-state index contributed by atoms with van der Waals surface area (Å²) in [5, 5.41) is 0. The molecule has 2 aromatic rings. The number of pyridine rings is 1. The van der Waals surface area contributed by atoms with Crippen LogP contribution in [0.2, 0.25) is 0 Å². The number of unbranched alkanes of at least 4 members (excludes halogenated alkanes) is 2. The Bertz CT molecular complexity index is 641. The molecule has 5 nitrogen and oxygen atoms in total. The minimum Gasteiger partial charge on any atom is -0.382 e. The van der Waals surface area contributed by atoms with Crippen molar-refractivity contribution in [3.8, 4) is 0 Å². The van der Waals surface area contributed by atoms with Crippen molar-refractivity contribution in [1.29, 1.82) is 0 Å². The summed E-state index contributed by atoms with van der Waals surface area (Å²) < 4.78 is 7.87. The van der Waals surface area contributed by atoms with Crippen LogP contribution in [0.3, 0.4) is 0 Å². The molecule has 0 bridgehead atoms. The van der Waals surface area contributed by atoms with Gasteiger partial charge in [0.1, 0.15) is 17.9 Å². The Morgan fingerprint density at radius 2 is 2.00 bits per heavy atom. The summed E-state index contributed by atoms with van der Waals surface area (Å²) in [6, 6.07) is 0. The average Bonchev–Trinajstić information content (AvgIpc) is 2.95. The van der Waals surface area contributed by atoms with Gasteiger partial charge in [-0.25, -0.2) is 9.97 Å². The van der Waals surface area contributed by atoms with Gasteiger partial charge in [-0.15, -0.1) is 0 Å². The van der Waals surface area contributed by atoms with Crippen LogP contribution in [0, 0.1) is 6.92 Å². The zero-order valence-corrected chi connectivity index (χ0v) is 16.0. The number of aryl methyl sites for hydroxylation is 2. The molecule has 0 aliphatic heterocycles. The van der Waals surface area contributed by atoms with Gasteiger partial charge >= 0.3 is 0 Å². The number of fused-ring (bicyclic) bond motifs is 1. The van der Waals surface area contributed by atoms with Crippen molar-refractivity contribution >= 4 is 28.6 Å². The Hall–Kier alpha value is -1.27. The van der Waals surface area contributed by atoms with Crippen molar-refractivity contribution in [1.82, 2.24) is 14.5 Å². The molecular formula is C18H30N4OS. The van der Waals surface area contributed by atoms with E-state index < -0.39 is 0 Å². The fourth-order valence-electron chi connectivity index (χ4n) is 2.73. The Balaban J connectivity index is 2.07. The highest BCUT2D eigenvalue weighted by Crippen LogP contribution is 2.24. The molecule has 0 aliphatic rings. The molecule has 24 heavy (non-hydrogen) atoms. The third-order valence-electron chi connectivity index (χ3n) is 4.06. The van der Waals surface area contributed by atoms with Gasteiger partial charge in [-0.3, -0.25) is 0 Å². The van der Waals surface area contributed by atoms with Crippen molar-refractivity contribution in [2.75, 3.05) is 23.8 Å². The van der Waals surface area contributed by atoms with E-state index in [0.717, 1.165) is 35.4 Å². The molecule has 0 saturated heterocycles. The topological polar surface area (TPSA) is 66.0 Å². The number of hydrogen-bond donors (Lipinski definition) is 1. The van der Waals surface area contributed by atoms with Crippen LogP contribution in [-0.2, 0) is 17.9 Å². The van der Waals surface area contributed by atoms with Crippen molar-refractivity contribution in [2.24, 2.45) is 0 Å². The highest BCUT2D eigenvalue weighted by atomic mass is 32.2. The van der Waals surface area contributed by atoms with Gasteiger partial charge in [-0.2, -0.15) is 11.8 Å². The number of imidazole rings is 1. The van der Waals surface area contributed by atoms with Crippen LogP contribution >= 0.6 is 11.8 Å². The van der Waals surface area contributed by atoms with Gasteiger partial charge in [0.2, 0.25) is 0 Å². The molecule has 0 radical (unpaired) electrons. The second-order valence-electron chi connectivity index (χ2n) is 6.01. The second kappa shape index (κ2) is 9.89. The summed E-state index contributed by atoms with van der Waals surface area (Å²) in [6.07, 6.45) is 6.80. The van der Waals surface area contributed by atoms with E-state index in [0.29, 0.717) is 19.0 Å². The third-order valence-corrected chi connectivity index (χ3v) is 5.21. The van der Waals surface area contributed by atoms with Crippen molar-refractivity contribution in [3.05, 3.63) is 17.6 Å². The van der Waals surface area contributed by atoms with Crippen molar-refractivity contribution < 1.29 is 4.74 Å². The minimum atomic E-state index is 0.502. The number of ether oxygens (including phenoxy) is 1. The standard InChI is InChI=1S/C18H30N4OS/c1-4-6-10-24-11-8-7-9-22-15(13-23-5-2)21-16-17(22)14(3)12-20-18(16)19/h12H,4-11,13H2,1-3H3,(H2,19,20). The van der Waals surface area contributed by atoms with Crippen molar-refractivity contribution in [3.63, 3.8) is 0 Å². The summed E-state index contributed by atoms with van der Waals surface area (Å²) in [5.41, 5.74) is 9.06. The first-order valence-corrected chi connectivity index (χ1v) is 10.1. The lowest BCUT2D eigenvalue weighted by atomic mass is 10.2. The third kappa shape index (κ3) is 4.86. The monoisotopic (exact) mass is 350 g/mol. The molecule has 2 aromatic heterocycles. The molecule has 0 aromatic carbocycles.